The Morgan fingerprint density at radius 1 is 0.725 bits per heavy atom. The first-order valence-corrected chi connectivity index (χ1v) is 13.5. The maximum atomic E-state index is 12.4. The lowest BCUT2D eigenvalue weighted by Gasteiger charge is -2.18. The van der Waals surface area contributed by atoms with E-state index in [1.54, 1.807) is 33.8 Å². The SMILES string of the molecule is CCCC(C)OC(=O)Oc1ccc(C[C@H](N)C(=O)OC[C@H](C)OC(=O)OC(C)C)cc1OC(=O)OC(C)CCC. The van der Waals surface area contributed by atoms with Crippen molar-refractivity contribution in [2.75, 3.05) is 6.61 Å². The molecule has 0 spiro atoms. The summed E-state index contributed by atoms with van der Waals surface area (Å²) >= 11 is 0. The van der Waals surface area contributed by atoms with E-state index >= 15 is 0 Å². The van der Waals surface area contributed by atoms with Crippen molar-refractivity contribution in [3.63, 3.8) is 0 Å². The molecule has 0 aliphatic heterocycles. The standard InChI is InChI=1S/C28H43NO11/c1-8-10-18(5)36-27(32)39-23-13-12-21(15-24(23)40-28(33)37-19(6)11-9-2)14-22(29)25(30)34-16-20(7)38-26(31)35-17(3)4/h12-13,15,17-20,22H,8-11,14,16,29H2,1-7H3/t18?,19?,20-,22-/m0/s1. The summed E-state index contributed by atoms with van der Waals surface area (Å²) in [4.78, 5) is 48.6. The van der Waals surface area contributed by atoms with Gasteiger partial charge in [-0.05, 0) is 71.6 Å². The van der Waals surface area contributed by atoms with Crippen molar-refractivity contribution in [2.45, 2.75) is 111 Å². The quantitative estimate of drug-likeness (QED) is 0.162. The maximum absolute atomic E-state index is 12.4. The van der Waals surface area contributed by atoms with Crippen LogP contribution in [-0.4, -0.2) is 61.5 Å². The summed E-state index contributed by atoms with van der Waals surface area (Å²) in [5.74, 6) is -0.928. The van der Waals surface area contributed by atoms with Crippen LogP contribution in [0.15, 0.2) is 18.2 Å². The molecule has 0 radical (unpaired) electrons. The number of carbonyl (C=O) groups excluding carboxylic acids is 4. The molecule has 40 heavy (non-hydrogen) atoms. The first-order chi connectivity index (χ1) is 18.8. The summed E-state index contributed by atoms with van der Waals surface area (Å²) in [5, 5.41) is 0. The van der Waals surface area contributed by atoms with Crippen LogP contribution in [0.1, 0.15) is 79.7 Å². The molecule has 1 aromatic carbocycles. The lowest BCUT2D eigenvalue weighted by molar-refractivity contribution is -0.148. The van der Waals surface area contributed by atoms with Crippen LogP contribution in [0.5, 0.6) is 11.5 Å². The second kappa shape index (κ2) is 17.9. The fourth-order valence-electron chi connectivity index (χ4n) is 3.39. The first kappa shape index (κ1) is 34.5. The van der Waals surface area contributed by atoms with E-state index in [9.17, 15) is 19.2 Å². The molecule has 0 saturated carbocycles. The molecule has 12 nitrogen and oxygen atoms in total. The molecular weight excluding hydrogens is 526 g/mol. The van der Waals surface area contributed by atoms with Crippen molar-refractivity contribution in [1.29, 1.82) is 0 Å². The zero-order valence-corrected chi connectivity index (χ0v) is 24.4. The fourth-order valence-corrected chi connectivity index (χ4v) is 3.39. The lowest BCUT2D eigenvalue weighted by Crippen LogP contribution is -2.36. The Labute approximate surface area is 235 Å². The van der Waals surface area contributed by atoms with Crippen LogP contribution in [0.2, 0.25) is 0 Å². The highest BCUT2D eigenvalue weighted by molar-refractivity contribution is 5.76. The summed E-state index contributed by atoms with van der Waals surface area (Å²) < 4.78 is 36.1. The van der Waals surface area contributed by atoms with Gasteiger partial charge < -0.3 is 38.9 Å². The highest BCUT2D eigenvalue weighted by Crippen LogP contribution is 2.30. The van der Waals surface area contributed by atoms with Gasteiger partial charge in [-0.3, -0.25) is 4.79 Å². The van der Waals surface area contributed by atoms with Gasteiger partial charge in [0.15, 0.2) is 11.5 Å². The van der Waals surface area contributed by atoms with E-state index in [0.29, 0.717) is 18.4 Å². The molecule has 0 amide bonds. The number of carbonyl (C=O) groups is 4. The molecule has 0 heterocycles. The molecule has 0 fully saturated rings. The van der Waals surface area contributed by atoms with Gasteiger partial charge in [-0.2, -0.15) is 0 Å². The van der Waals surface area contributed by atoms with Gasteiger partial charge in [0.25, 0.3) is 0 Å². The van der Waals surface area contributed by atoms with Gasteiger partial charge in [-0.1, -0.05) is 32.8 Å². The molecule has 0 aromatic heterocycles. The normalized spacial score (nSPS) is 13.8. The molecular formula is C28H43NO11. The molecule has 0 aliphatic carbocycles. The van der Waals surface area contributed by atoms with E-state index in [1.807, 2.05) is 13.8 Å². The van der Waals surface area contributed by atoms with E-state index in [2.05, 4.69) is 0 Å². The number of nitrogens with two attached hydrogens (primary N) is 1. The number of hydrogen-bond acceptors (Lipinski definition) is 12. The highest BCUT2D eigenvalue weighted by atomic mass is 16.8. The molecule has 0 aliphatic rings. The summed E-state index contributed by atoms with van der Waals surface area (Å²) in [6.45, 7) is 12.1. The molecule has 12 heteroatoms. The molecule has 4 atom stereocenters. The number of rotatable bonds is 15. The van der Waals surface area contributed by atoms with Gasteiger partial charge in [0.1, 0.15) is 31.0 Å². The minimum absolute atomic E-state index is 0.000627. The second-order valence-corrected chi connectivity index (χ2v) is 9.71. The smallest absolute Gasteiger partial charge is 0.461 e. The van der Waals surface area contributed by atoms with Gasteiger partial charge >= 0.3 is 24.4 Å². The van der Waals surface area contributed by atoms with E-state index in [4.69, 9.17) is 38.9 Å². The Hall–Kier alpha value is -3.54. The van der Waals surface area contributed by atoms with Crippen LogP contribution in [-0.2, 0) is 34.9 Å². The summed E-state index contributed by atoms with van der Waals surface area (Å²) in [6, 6.07) is 3.26. The molecule has 1 rings (SSSR count). The second-order valence-electron chi connectivity index (χ2n) is 9.71. The van der Waals surface area contributed by atoms with Crippen molar-refractivity contribution in [3.8, 4) is 11.5 Å². The fraction of sp³-hybridized carbons (Fsp3) is 0.643. The van der Waals surface area contributed by atoms with Crippen LogP contribution < -0.4 is 15.2 Å². The Bertz CT molecular complexity index is 966. The largest absolute Gasteiger partial charge is 0.514 e. The minimum atomic E-state index is -1.09. The van der Waals surface area contributed by atoms with Gasteiger partial charge in [0.2, 0.25) is 0 Å². The number of ether oxygens (including phenoxy) is 7. The van der Waals surface area contributed by atoms with Crippen LogP contribution in [0, 0.1) is 0 Å². The molecule has 226 valence electrons. The average Bonchev–Trinajstić information content (AvgIpc) is 2.83. The first-order valence-electron chi connectivity index (χ1n) is 13.5. The Balaban J connectivity index is 2.91. The molecule has 2 N–H and O–H groups in total. The van der Waals surface area contributed by atoms with E-state index in [1.165, 1.54) is 19.1 Å². The van der Waals surface area contributed by atoms with Gasteiger partial charge in [0, 0.05) is 0 Å². The third-order valence-electron chi connectivity index (χ3n) is 5.23. The summed E-state index contributed by atoms with van der Waals surface area (Å²) in [6.07, 6.45) is -1.74. The summed E-state index contributed by atoms with van der Waals surface area (Å²) in [5.41, 5.74) is 6.50. The zero-order valence-electron chi connectivity index (χ0n) is 24.4. The maximum Gasteiger partial charge on any atom is 0.514 e. The van der Waals surface area contributed by atoms with Crippen molar-refractivity contribution >= 4 is 24.4 Å². The number of esters is 1. The third-order valence-corrected chi connectivity index (χ3v) is 5.23. The van der Waals surface area contributed by atoms with Crippen LogP contribution >= 0.6 is 0 Å². The van der Waals surface area contributed by atoms with Crippen LogP contribution in [0.3, 0.4) is 0 Å². The topological polar surface area (TPSA) is 159 Å². The van der Waals surface area contributed by atoms with Crippen molar-refractivity contribution < 1.29 is 52.3 Å². The average molecular weight is 570 g/mol. The lowest BCUT2D eigenvalue weighted by atomic mass is 10.1. The van der Waals surface area contributed by atoms with Crippen LogP contribution in [0.25, 0.3) is 0 Å². The van der Waals surface area contributed by atoms with E-state index in [0.717, 1.165) is 12.8 Å². The van der Waals surface area contributed by atoms with Crippen molar-refractivity contribution in [2.24, 2.45) is 5.73 Å². The predicted molar refractivity (Wildman–Crippen MR) is 144 cm³/mol. The number of hydrogen-bond donors (Lipinski definition) is 1. The van der Waals surface area contributed by atoms with Crippen molar-refractivity contribution in [1.82, 2.24) is 0 Å². The monoisotopic (exact) mass is 569 g/mol. The molecule has 0 saturated heterocycles. The molecule has 0 bridgehead atoms. The molecule has 1 aromatic rings. The Morgan fingerprint density at radius 2 is 1.25 bits per heavy atom. The highest BCUT2D eigenvalue weighted by Gasteiger charge is 2.22. The van der Waals surface area contributed by atoms with E-state index in [-0.39, 0.29) is 42.8 Å². The zero-order chi connectivity index (χ0) is 30.2. The van der Waals surface area contributed by atoms with Crippen molar-refractivity contribution in [3.05, 3.63) is 23.8 Å². The minimum Gasteiger partial charge on any atom is -0.461 e. The van der Waals surface area contributed by atoms with Gasteiger partial charge in [-0.25, -0.2) is 14.4 Å². The Kier molecular flexibility index (Phi) is 15.5. The summed E-state index contributed by atoms with van der Waals surface area (Å²) in [7, 11) is 0. The van der Waals surface area contributed by atoms with Gasteiger partial charge in [0.05, 0.1) is 6.10 Å². The molecule has 2 unspecified atom stereocenters. The van der Waals surface area contributed by atoms with Gasteiger partial charge in [-0.15, -0.1) is 0 Å². The van der Waals surface area contributed by atoms with Crippen LogP contribution in [0.4, 0.5) is 14.4 Å². The number of benzene rings is 1. The predicted octanol–water partition coefficient (Wildman–Crippen LogP) is 5.46. The Morgan fingerprint density at radius 3 is 1.77 bits per heavy atom. The van der Waals surface area contributed by atoms with E-state index < -0.39 is 36.6 Å². The third kappa shape index (κ3) is 14.0.